The Morgan fingerprint density at radius 3 is 2.87 bits per heavy atom. The van der Waals surface area contributed by atoms with Crippen molar-refractivity contribution in [3.63, 3.8) is 0 Å². The Bertz CT molecular complexity index is 453. The van der Waals surface area contributed by atoms with E-state index in [9.17, 15) is 0 Å². The molecule has 0 radical (unpaired) electrons. The zero-order valence-corrected chi connectivity index (χ0v) is 9.16. The van der Waals surface area contributed by atoms with Crippen LogP contribution in [0.5, 0.6) is 0 Å². The Balaban J connectivity index is 1.99. The van der Waals surface area contributed by atoms with Gasteiger partial charge in [-0.2, -0.15) is 4.98 Å². The van der Waals surface area contributed by atoms with Crippen molar-refractivity contribution in [2.24, 2.45) is 0 Å². The molecule has 0 unspecified atom stereocenters. The summed E-state index contributed by atoms with van der Waals surface area (Å²) in [7, 11) is 0. The van der Waals surface area contributed by atoms with Gasteiger partial charge in [0.25, 0.3) is 5.28 Å². The van der Waals surface area contributed by atoms with E-state index in [2.05, 4.69) is 35.3 Å². The highest BCUT2D eigenvalue weighted by Crippen LogP contribution is 2.09. The molecule has 0 aliphatic heterocycles. The fourth-order valence-electron chi connectivity index (χ4n) is 1.45. The van der Waals surface area contributed by atoms with Crippen LogP contribution in [0.1, 0.15) is 17.0 Å². The molecule has 0 atom stereocenters. The fourth-order valence-corrected chi connectivity index (χ4v) is 1.58. The van der Waals surface area contributed by atoms with E-state index >= 15 is 0 Å². The van der Waals surface area contributed by atoms with E-state index in [4.69, 9.17) is 16.1 Å². The van der Waals surface area contributed by atoms with Gasteiger partial charge >= 0.3 is 0 Å². The lowest BCUT2D eigenvalue weighted by molar-refractivity contribution is 0.377. The third-order valence-corrected chi connectivity index (χ3v) is 2.31. The van der Waals surface area contributed by atoms with Crippen LogP contribution in [0.15, 0.2) is 28.8 Å². The molecule has 78 valence electrons. The molecule has 4 heteroatoms. The number of hydrogen-bond donors (Lipinski definition) is 0. The van der Waals surface area contributed by atoms with E-state index in [0.29, 0.717) is 5.89 Å². The van der Waals surface area contributed by atoms with Crippen LogP contribution in [-0.4, -0.2) is 10.1 Å². The van der Waals surface area contributed by atoms with Crippen molar-refractivity contribution >= 4 is 11.6 Å². The molecule has 15 heavy (non-hydrogen) atoms. The van der Waals surface area contributed by atoms with Gasteiger partial charge in [0.1, 0.15) is 0 Å². The molecule has 1 aromatic carbocycles. The minimum atomic E-state index is 0.175. The summed E-state index contributed by atoms with van der Waals surface area (Å²) in [6.07, 6.45) is 1.61. The second-order valence-electron chi connectivity index (χ2n) is 3.45. The largest absolute Gasteiger partial charge is 0.338 e. The second kappa shape index (κ2) is 4.45. The third-order valence-electron chi connectivity index (χ3n) is 2.15. The predicted molar refractivity (Wildman–Crippen MR) is 57.9 cm³/mol. The smallest absolute Gasteiger partial charge is 0.263 e. The molecule has 1 aromatic heterocycles. The maximum atomic E-state index is 5.55. The van der Waals surface area contributed by atoms with Gasteiger partial charge < -0.3 is 4.52 Å². The van der Waals surface area contributed by atoms with Crippen molar-refractivity contribution in [1.29, 1.82) is 0 Å². The minimum Gasteiger partial charge on any atom is -0.338 e. The first-order chi connectivity index (χ1) is 7.24. The number of aryl methyl sites for hydroxylation is 3. The summed E-state index contributed by atoms with van der Waals surface area (Å²) >= 11 is 5.55. The fraction of sp³-hybridized carbons (Fsp3) is 0.273. The summed E-state index contributed by atoms with van der Waals surface area (Å²) in [4.78, 5) is 3.94. The van der Waals surface area contributed by atoms with Crippen molar-refractivity contribution in [2.45, 2.75) is 19.8 Å². The van der Waals surface area contributed by atoms with Crippen molar-refractivity contribution in [2.75, 3.05) is 0 Å². The van der Waals surface area contributed by atoms with Gasteiger partial charge in [-0.25, -0.2) is 0 Å². The van der Waals surface area contributed by atoms with Crippen molar-refractivity contribution in [3.8, 4) is 0 Å². The monoisotopic (exact) mass is 222 g/mol. The summed E-state index contributed by atoms with van der Waals surface area (Å²) in [5.74, 6) is 0.585. The number of aromatic nitrogens is 2. The topological polar surface area (TPSA) is 38.9 Å². The predicted octanol–water partition coefficient (Wildman–Crippen LogP) is 2.82. The van der Waals surface area contributed by atoms with Crippen LogP contribution in [0.3, 0.4) is 0 Å². The molecule has 0 saturated carbocycles. The minimum absolute atomic E-state index is 0.175. The van der Waals surface area contributed by atoms with E-state index in [-0.39, 0.29) is 5.28 Å². The lowest BCUT2D eigenvalue weighted by Crippen LogP contribution is -1.91. The summed E-state index contributed by atoms with van der Waals surface area (Å²) in [5.41, 5.74) is 2.53. The average molecular weight is 223 g/mol. The normalized spacial score (nSPS) is 10.5. The summed E-state index contributed by atoms with van der Waals surface area (Å²) in [6.45, 7) is 2.08. The molecule has 2 rings (SSSR count). The first-order valence-electron chi connectivity index (χ1n) is 4.77. The van der Waals surface area contributed by atoms with Crippen LogP contribution >= 0.6 is 11.6 Å². The SMILES string of the molecule is Cc1cccc(CCc2nc(Cl)no2)c1. The zero-order valence-electron chi connectivity index (χ0n) is 8.40. The first kappa shape index (κ1) is 10.2. The van der Waals surface area contributed by atoms with Gasteiger partial charge in [-0.15, -0.1) is 0 Å². The molecule has 0 fully saturated rings. The molecule has 0 amide bonds. The standard InChI is InChI=1S/C11H11ClN2O/c1-8-3-2-4-9(7-8)5-6-10-13-11(12)14-15-10/h2-4,7H,5-6H2,1H3. The average Bonchev–Trinajstić information content (AvgIpc) is 2.62. The van der Waals surface area contributed by atoms with E-state index in [0.717, 1.165) is 12.8 Å². The molecule has 0 aliphatic rings. The van der Waals surface area contributed by atoms with Gasteiger partial charge in [-0.1, -0.05) is 29.8 Å². The maximum absolute atomic E-state index is 5.55. The quantitative estimate of drug-likeness (QED) is 0.802. The molecule has 1 heterocycles. The van der Waals surface area contributed by atoms with Crippen LogP contribution < -0.4 is 0 Å². The number of halogens is 1. The Hall–Kier alpha value is -1.35. The van der Waals surface area contributed by atoms with E-state index in [1.807, 2.05) is 6.07 Å². The molecule has 0 aliphatic carbocycles. The number of benzene rings is 1. The summed E-state index contributed by atoms with van der Waals surface area (Å²) < 4.78 is 4.92. The van der Waals surface area contributed by atoms with Gasteiger partial charge in [-0.05, 0) is 35.7 Å². The van der Waals surface area contributed by atoms with Gasteiger partial charge in [0, 0.05) is 6.42 Å². The molecule has 0 saturated heterocycles. The van der Waals surface area contributed by atoms with Gasteiger partial charge in [0.2, 0.25) is 5.89 Å². The highest BCUT2D eigenvalue weighted by Gasteiger charge is 2.03. The van der Waals surface area contributed by atoms with Crippen molar-refractivity contribution in [1.82, 2.24) is 10.1 Å². The maximum Gasteiger partial charge on any atom is 0.263 e. The van der Waals surface area contributed by atoms with Crippen LogP contribution in [0, 0.1) is 6.92 Å². The first-order valence-corrected chi connectivity index (χ1v) is 5.15. The lowest BCUT2D eigenvalue weighted by atomic mass is 10.1. The van der Waals surface area contributed by atoms with Crippen LogP contribution in [0.25, 0.3) is 0 Å². The molecule has 3 nitrogen and oxygen atoms in total. The Labute approximate surface area is 93.1 Å². The van der Waals surface area contributed by atoms with E-state index in [1.54, 1.807) is 0 Å². The molecule has 0 N–H and O–H groups in total. The lowest BCUT2D eigenvalue weighted by Gasteiger charge is -1.99. The van der Waals surface area contributed by atoms with E-state index < -0.39 is 0 Å². The third kappa shape index (κ3) is 2.80. The van der Waals surface area contributed by atoms with Crippen LogP contribution in [0.2, 0.25) is 5.28 Å². The summed E-state index contributed by atoms with van der Waals surface area (Å²) in [5, 5.41) is 3.70. The molecular weight excluding hydrogens is 212 g/mol. The molecule has 0 bridgehead atoms. The van der Waals surface area contributed by atoms with Crippen LogP contribution in [-0.2, 0) is 12.8 Å². The Kier molecular flexibility index (Phi) is 3.02. The highest BCUT2D eigenvalue weighted by molar-refractivity contribution is 6.28. The Morgan fingerprint density at radius 1 is 1.33 bits per heavy atom. The molecule has 2 aromatic rings. The highest BCUT2D eigenvalue weighted by atomic mass is 35.5. The van der Waals surface area contributed by atoms with Gasteiger partial charge in [0.05, 0.1) is 0 Å². The summed E-state index contributed by atoms with van der Waals surface area (Å²) in [6, 6.07) is 8.36. The second-order valence-corrected chi connectivity index (χ2v) is 3.78. The molecule has 0 spiro atoms. The van der Waals surface area contributed by atoms with Crippen LogP contribution in [0.4, 0.5) is 0 Å². The number of nitrogens with zero attached hydrogens (tertiary/aromatic N) is 2. The number of hydrogen-bond acceptors (Lipinski definition) is 3. The van der Waals surface area contributed by atoms with E-state index in [1.165, 1.54) is 11.1 Å². The molecular formula is C11H11ClN2O. The zero-order chi connectivity index (χ0) is 10.7. The van der Waals surface area contributed by atoms with Crippen molar-refractivity contribution in [3.05, 3.63) is 46.6 Å². The Morgan fingerprint density at radius 2 is 2.20 bits per heavy atom. The van der Waals surface area contributed by atoms with Crippen molar-refractivity contribution < 1.29 is 4.52 Å². The van der Waals surface area contributed by atoms with Gasteiger partial charge in [-0.3, -0.25) is 0 Å². The number of rotatable bonds is 3. The van der Waals surface area contributed by atoms with Gasteiger partial charge in [0.15, 0.2) is 0 Å².